The van der Waals surface area contributed by atoms with Gasteiger partial charge in [-0.3, -0.25) is 9.59 Å². The maximum absolute atomic E-state index is 12.4. The Bertz CT molecular complexity index is 391. The van der Waals surface area contributed by atoms with Gasteiger partial charge in [0.2, 0.25) is 11.8 Å². The molecular formula is C15H25N3O2. The molecule has 4 N–H and O–H groups in total. The Hall–Kier alpha value is -1.10. The SMILES string of the molecule is NC(=O)C1CCC(NC(=O)C2NCC3CCCC32)CC1. The van der Waals surface area contributed by atoms with Crippen LogP contribution in [0.1, 0.15) is 44.9 Å². The normalized spacial score (nSPS) is 40.3. The quantitative estimate of drug-likeness (QED) is 0.705. The molecule has 5 heteroatoms. The lowest BCUT2D eigenvalue weighted by Crippen LogP contribution is -2.49. The number of fused-ring (bicyclic) bond motifs is 1. The van der Waals surface area contributed by atoms with Crippen LogP contribution in [-0.4, -0.2) is 30.4 Å². The van der Waals surface area contributed by atoms with Crippen LogP contribution in [0.4, 0.5) is 0 Å². The van der Waals surface area contributed by atoms with Gasteiger partial charge < -0.3 is 16.4 Å². The van der Waals surface area contributed by atoms with Crippen molar-refractivity contribution in [2.45, 2.75) is 57.0 Å². The van der Waals surface area contributed by atoms with Gasteiger partial charge >= 0.3 is 0 Å². The Morgan fingerprint density at radius 1 is 1.05 bits per heavy atom. The fourth-order valence-corrected chi connectivity index (χ4v) is 4.29. The summed E-state index contributed by atoms with van der Waals surface area (Å²) in [5, 5.41) is 6.57. The van der Waals surface area contributed by atoms with Crippen molar-refractivity contribution in [1.82, 2.24) is 10.6 Å². The molecule has 0 spiro atoms. The first-order valence-electron chi connectivity index (χ1n) is 7.98. The van der Waals surface area contributed by atoms with Gasteiger partial charge in [-0.25, -0.2) is 0 Å². The molecule has 3 unspecified atom stereocenters. The highest BCUT2D eigenvalue weighted by atomic mass is 16.2. The number of carbonyl (C=O) groups excluding carboxylic acids is 2. The Balaban J connectivity index is 1.49. The summed E-state index contributed by atoms with van der Waals surface area (Å²) in [6.45, 7) is 0.997. The van der Waals surface area contributed by atoms with Gasteiger partial charge in [-0.05, 0) is 56.9 Å². The molecule has 1 saturated heterocycles. The molecule has 0 bridgehead atoms. The average Bonchev–Trinajstić information content (AvgIpc) is 3.01. The maximum Gasteiger partial charge on any atom is 0.237 e. The van der Waals surface area contributed by atoms with Crippen molar-refractivity contribution >= 4 is 11.8 Å². The van der Waals surface area contributed by atoms with E-state index in [4.69, 9.17) is 5.73 Å². The summed E-state index contributed by atoms with van der Waals surface area (Å²) in [7, 11) is 0. The summed E-state index contributed by atoms with van der Waals surface area (Å²) in [5.41, 5.74) is 5.34. The van der Waals surface area contributed by atoms with E-state index in [0.29, 0.717) is 11.8 Å². The second-order valence-electron chi connectivity index (χ2n) is 6.70. The number of nitrogens with two attached hydrogens (primary N) is 1. The monoisotopic (exact) mass is 279 g/mol. The van der Waals surface area contributed by atoms with Crippen LogP contribution in [0.15, 0.2) is 0 Å². The minimum absolute atomic E-state index is 0.00645. The number of carbonyl (C=O) groups is 2. The third kappa shape index (κ3) is 2.68. The zero-order valence-electron chi connectivity index (χ0n) is 11.9. The molecule has 2 saturated carbocycles. The molecule has 5 nitrogen and oxygen atoms in total. The molecule has 0 aromatic carbocycles. The van der Waals surface area contributed by atoms with Crippen LogP contribution >= 0.6 is 0 Å². The van der Waals surface area contributed by atoms with Crippen LogP contribution in [0.5, 0.6) is 0 Å². The van der Waals surface area contributed by atoms with E-state index >= 15 is 0 Å². The summed E-state index contributed by atoms with van der Waals surface area (Å²) in [4.78, 5) is 23.5. The van der Waals surface area contributed by atoms with E-state index in [9.17, 15) is 9.59 Å². The van der Waals surface area contributed by atoms with Crippen molar-refractivity contribution in [2.24, 2.45) is 23.5 Å². The van der Waals surface area contributed by atoms with Crippen LogP contribution < -0.4 is 16.4 Å². The first-order valence-corrected chi connectivity index (χ1v) is 7.98. The Morgan fingerprint density at radius 2 is 1.80 bits per heavy atom. The molecule has 1 heterocycles. The van der Waals surface area contributed by atoms with Gasteiger partial charge in [-0.2, -0.15) is 0 Å². The lowest BCUT2D eigenvalue weighted by molar-refractivity contribution is -0.125. The van der Waals surface area contributed by atoms with Crippen molar-refractivity contribution in [3.8, 4) is 0 Å². The molecule has 3 atom stereocenters. The highest BCUT2D eigenvalue weighted by Gasteiger charge is 2.42. The molecule has 3 rings (SSSR count). The van der Waals surface area contributed by atoms with Crippen molar-refractivity contribution in [1.29, 1.82) is 0 Å². The number of primary amides is 1. The predicted molar refractivity (Wildman–Crippen MR) is 75.7 cm³/mol. The topological polar surface area (TPSA) is 84.2 Å². The van der Waals surface area contributed by atoms with Crippen LogP contribution in [0.25, 0.3) is 0 Å². The van der Waals surface area contributed by atoms with Crippen molar-refractivity contribution < 1.29 is 9.59 Å². The van der Waals surface area contributed by atoms with Gasteiger partial charge in [0, 0.05) is 12.0 Å². The van der Waals surface area contributed by atoms with E-state index in [0.717, 1.165) is 32.2 Å². The zero-order valence-corrected chi connectivity index (χ0v) is 11.9. The van der Waals surface area contributed by atoms with Crippen LogP contribution in [0.2, 0.25) is 0 Å². The van der Waals surface area contributed by atoms with Gasteiger partial charge in [0.05, 0.1) is 6.04 Å². The van der Waals surface area contributed by atoms with Crippen molar-refractivity contribution in [3.63, 3.8) is 0 Å². The summed E-state index contributed by atoms with van der Waals surface area (Å²) in [5.74, 6) is 1.23. The number of hydrogen-bond acceptors (Lipinski definition) is 3. The number of rotatable bonds is 3. The minimum atomic E-state index is -0.193. The summed E-state index contributed by atoms with van der Waals surface area (Å²) in [6.07, 6.45) is 7.09. The number of nitrogens with one attached hydrogen (secondary N) is 2. The second-order valence-corrected chi connectivity index (χ2v) is 6.70. The molecule has 1 aliphatic heterocycles. The van der Waals surface area contributed by atoms with E-state index < -0.39 is 0 Å². The van der Waals surface area contributed by atoms with E-state index in [1.807, 2.05) is 0 Å². The molecular weight excluding hydrogens is 254 g/mol. The molecule has 0 aromatic rings. The van der Waals surface area contributed by atoms with E-state index in [2.05, 4.69) is 10.6 Å². The summed E-state index contributed by atoms with van der Waals surface area (Å²) < 4.78 is 0. The molecule has 2 amide bonds. The zero-order chi connectivity index (χ0) is 14.1. The third-order valence-corrected chi connectivity index (χ3v) is 5.50. The van der Waals surface area contributed by atoms with Gasteiger partial charge in [0.25, 0.3) is 0 Å². The van der Waals surface area contributed by atoms with E-state index in [1.165, 1.54) is 19.3 Å². The summed E-state index contributed by atoms with van der Waals surface area (Å²) >= 11 is 0. The van der Waals surface area contributed by atoms with Gasteiger partial charge in [0.1, 0.15) is 0 Å². The Morgan fingerprint density at radius 3 is 2.50 bits per heavy atom. The highest BCUT2D eigenvalue weighted by Crippen LogP contribution is 2.37. The molecule has 3 aliphatic rings. The number of amides is 2. The Kier molecular flexibility index (Phi) is 3.96. The first-order chi connectivity index (χ1) is 9.65. The van der Waals surface area contributed by atoms with Crippen molar-refractivity contribution in [2.75, 3.05) is 6.54 Å². The molecule has 3 fully saturated rings. The van der Waals surface area contributed by atoms with Crippen LogP contribution in [0.3, 0.4) is 0 Å². The standard InChI is InChI=1S/C15H25N3O2/c16-14(19)9-4-6-11(7-5-9)18-15(20)13-12-3-1-2-10(12)8-17-13/h9-13,17H,1-8H2,(H2,16,19)(H,18,20). The smallest absolute Gasteiger partial charge is 0.237 e. The fourth-order valence-electron chi connectivity index (χ4n) is 4.29. The predicted octanol–water partition coefficient (Wildman–Crippen LogP) is 0.535. The van der Waals surface area contributed by atoms with E-state index in [1.54, 1.807) is 0 Å². The fraction of sp³-hybridized carbons (Fsp3) is 0.867. The largest absolute Gasteiger partial charge is 0.369 e. The van der Waals surface area contributed by atoms with Gasteiger partial charge in [-0.1, -0.05) is 6.42 Å². The summed E-state index contributed by atoms with van der Waals surface area (Å²) in [6, 6.07) is 0.233. The van der Waals surface area contributed by atoms with Gasteiger partial charge in [-0.15, -0.1) is 0 Å². The number of hydrogen-bond donors (Lipinski definition) is 3. The minimum Gasteiger partial charge on any atom is -0.369 e. The Labute approximate surface area is 120 Å². The van der Waals surface area contributed by atoms with Crippen LogP contribution in [-0.2, 0) is 9.59 Å². The lowest BCUT2D eigenvalue weighted by atomic mass is 9.85. The lowest BCUT2D eigenvalue weighted by Gasteiger charge is -2.29. The molecule has 112 valence electrons. The van der Waals surface area contributed by atoms with Crippen molar-refractivity contribution in [3.05, 3.63) is 0 Å². The van der Waals surface area contributed by atoms with Crippen LogP contribution in [0, 0.1) is 17.8 Å². The van der Waals surface area contributed by atoms with Gasteiger partial charge in [0.15, 0.2) is 0 Å². The second kappa shape index (κ2) is 5.72. The highest BCUT2D eigenvalue weighted by molar-refractivity contribution is 5.83. The molecule has 0 aromatic heterocycles. The first kappa shape index (κ1) is 13.9. The molecule has 0 radical (unpaired) electrons. The average molecular weight is 279 g/mol. The maximum atomic E-state index is 12.4. The molecule has 2 aliphatic carbocycles. The third-order valence-electron chi connectivity index (χ3n) is 5.50. The van der Waals surface area contributed by atoms with E-state index in [-0.39, 0.29) is 29.8 Å². The molecule has 20 heavy (non-hydrogen) atoms.